The number of allylic oxidation sites excluding steroid dienone is 2. The van der Waals surface area contributed by atoms with Gasteiger partial charge in [-0.15, -0.1) is 0 Å². The summed E-state index contributed by atoms with van der Waals surface area (Å²) in [6, 6.07) is 0. The van der Waals surface area contributed by atoms with Gasteiger partial charge < -0.3 is 43.4 Å². The maximum atomic E-state index is 13.4. The van der Waals surface area contributed by atoms with E-state index in [1.807, 2.05) is 0 Å². The second kappa shape index (κ2) is 8.59. The van der Waals surface area contributed by atoms with Crippen LogP contribution in [0.3, 0.4) is 0 Å². The third-order valence-corrected chi connectivity index (χ3v) is 11.1. The van der Waals surface area contributed by atoms with Crippen molar-refractivity contribution in [1.29, 1.82) is 0 Å². The van der Waals surface area contributed by atoms with E-state index in [0.29, 0.717) is 19.4 Å². The first-order chi connectivity index (χ1) is 18.9. The molecular weight excluding hydrogens is 524 g/mol. The van der Waals surface area contributed by atoms with Crippen LogP contribution < -0.4 is 0 Å². The van der Waals surface area contributed by atoms with Crippen LogP contribution in [0.4, 0.5) is 0 Å². The van der Waals surface area contributed by atoms with E-state index >= 15 is 0 Å². The van der Waals surface area contributed by atoms with Crippen molar-refractivity contribution in [3.63, 3.8) is 0 Å². The Labute approximate surface area is 232 Å². The first-order valence-electron chi connectivity index (χ1n) is 14.3. The molecule has 5 aliphatic heterocycles. The molecule has 13 atom stereocenters. The largest absolute Gasteiger partial charge is 0.463 e. The summed E-state index contributed by atoms with van der Waals surface area (Å²) in [6.07, 6.45) is 2.83. The van der Waals surface area contributed by atoms with E-state index in [0.717, 1.165) is 6.42 Å². The van der Waals surface area contributed by atoms with Crippen molar-refractivity contribution in [3.8, 4) is 0 Å². The molecule has 220 valence electrons. The van der Waals surface area contributed by atoms with E-state index in [1.54, 1.807) is 26.0 Å². The quantitative estimate of drug-likeness (QED) is 0.344. The standard InChI is InChI=1S/C29H38O11/c1-15(30)16-7-5-6-8-20(32)37-18-11-19-29(14-36-29)27(18,4)28(10-9-25(2)21(39-25)22(28)38-19)13-35-24(33)23-26(3,40-23)17(31)12-34-16/h5-8,15-19,21-23,30-31H,9-14H2,1-4H3/b7-5?,8-6+/t15-,16+,17+,18+,19+,21+,22+,23+,25-,26?,27?,28?,29+/m1/s1. The molecule has 2 saturated carbocycles. The lowest BCUT2D eigenvalue weighted by atomic mass is 9.50. The number of rotatable bonds is 1. The third kappa shape index (κ3) is 3.55. The number of aliphatic hydroxyl groups is 2. The zero-order chi connectivity index (χ0) is 28.3. The van der Waals surface area contributed by atoms with Crippen LogP contribution in [0.2, 0.25) is 0 Å². The van der Waals surface area contributed by atoms with Gasteiger partial charge in [-0.05, 0) is 33.6 Å². The average molecular weight is 563 g/mol. The van der Waals surface area contributed by atoms with Crippen molar-refractivity contribution in [3.05, 3.63) is 24.3 Å². The Hall–Kier alpha value is -1.86. The number of fused-ring (bicyclic) bond motifs is 3. The number of aliphatic hydroxyl groups excluding tert-OH is 2. The number of esters is 2. The Morgan fingerprint density at radius 1 is 1.02 bits per heavy atom. The molecule has 7 rings (SSSR count). The maximum absolute atomic E-state index is 13.4. The molecule has 3 unspecified atom stereocenters. The lowest BCUT2D eigenvalue weighted by Crippen LogP contribution is -2.69. The van der Waals surface area contributed by atoms with Gasteiger partial charge in [0.15, 0.2) is 6.10 Å². The number of hydrogen-bond acceptors (Lipinski definition) is 11. The van der Waals surface area contributed by atoms with Crippen LogP contribution in [0.5, 0.6) is 0 Å². The predicted molar refractivity (Wildman–Crippen MR) is 135 cm³/mol. The summed E-state index contributed by atoms with van der Waals surface area (Å²) >= 11 is 0. The van der Waals surface area contributed by atoms with E-state index < -0.39 is 64.5 Å². The molecule has 0 radical (unpaired) electrons. The summed E-state index contributed by atoms with van der Waals surface area (Å²) in [5.41, 5.74) is -3.54. The second-order valence-corrected chi connectivity index (χ2v) is 13.2. The van der Waals surface area contributed by atoms with E-state index in [2.05, 4.69) is 13.8 Å². The zero-order valence-corrected chi connectivity index (χ0v) is 23.2. The van der Waals surface area contributed by atoms with Crippen molar-refractivity contribution >= 4 is 11.9 Å². The molecule has 2 spiro atoms. The third-order valence-electron chi connectivity index (χ3n) is 11.1. The van der Waals surface area contributed by atoms with Gasteiger partial charge in [-0.3, -0.25) is 0 Å². The monoisotopic (exact) mass is 562 g/mol. The van der Waals surface area contributed by atoms with Crippen molar-refractivity contribution in [1.82, 2.24) is 0 Å². The molecule has 40 heavy (non-hydrogen) atoms. The number of carbonyl (C=O) groups excluding carboxylic acids is 2. The van der Waals surface area contributed by atoms with E-state index in [4.69, 9.17) is 33.2 Å². The van der Waals surface area contributed by atoms with Gasteiger partial charge in [-0.25, -0.2) is 9.59 Å². The molecular formula is C29H38O11. The lowest BCUT2D eigenvalue weighted by molar-refractivity contribution is -0.251. The van der Waals surface area contributed by atoms with Crippen molar-refractivity contribution in [2.75, 3.05) is 19.8 Å². The summed E-state index contributed by atoms with van der Waals surface area (Å²) < 4.78 is 42.6. The van der Waals surface area contributed by atoms with Gasteiger partial charge in [0, 0.05) is 17.9 Å². The minimum absolute atomic E-state index is 0.0139. The molecule has 2 N–H and O–H groups in total. The number of hydrogen-bond donors (Lipinski definition) is 2. The molecule has 11 heteroatoms. The van der Waals surface area contributed by atoms with Gasteiger partial charge in [-0.2, -0.15) is 0 Å². The highest BCUT2D eigenvalue weighted by Crippen LogP contribution is 2.75. The van der Waals surface area contributed by atoms with Gasteiger partial charge in [0.2, 0.25) is 0 Å². The molecule has 5 heterocycles. The Bertz CT molecular complexity index is 1160. The average Bonchev–Trinajstić information content (AvgIpc) is 3.81. The number of cyclic esters (lactones) is 1. The smallest absolute Gasteiger partial charge is 0.338 e. The molecule has 0 aromatic heterocycles. The molecule has 0 aromatic carbocycles. The van der Waals surface area contributed by atoms with Crippen LogP contribution >= 0.6 is 0 Å². The fourth-order valence-corrected chi connectivity index (χ4v) is 8.09. The normalized spacial score (nSPS) is 56.4. The van der Waals surface area contributed by atoms with Crippen LogP contribution in [0.1, 0.15) is 47.0 Å². The van der Waals surface area contributed by atoms with Crippen LogP contribution in [0.15, 0.2) is 24.3 Å². The van der Waals surface area contributed by atoms with Crippen LogP contribution in [0, 0.1) is 10.8 Å². The van der Waals surface area contributed by atoms with Crippen molar-refractivity contribution in [2.24, 2.45) is 10.8 Å². The van der Waals surface area contributed by atoms with Gasteiger partial charge in [0.25, 0.3) is 0 Å². The number of carbonyl (C=O) groups is 2. The zero-order valence-electron chi connectivity index (χ0n) is 23.2. The molecule has 0 amide bonds. The predicted octanol–water partition coefficient (Wildman–Crippen LogP) is 0.736. The molecule has 6 fully saturated rings. The van der Waals surface area contributed by atoms with Gasteiger partial charge >= 0.3 is 11.9 Å². The van der Waals surface area contributed by atoms with Crippen molar-refractivity contribution in [2.45, 2.75) is 113 Å². The Morgan fingerprint density at radius 2 is 1.80 bits per heavy atom. The first-order valence-corrected chi connectivity index (χ1v) is 14.3. The molecule has 2 bridgehead atoms. The summed E-state index contributed by atoms with van der Waals surface area (Å²) in [4.78, 5) is 26.4. The minimum atomic E-state index is -1.18. The minimum Gasteiger partial charge on any atom is -0.463 e. The van der Waals surface area contributed by atoms with E-state index in [-0.39, 0.29) is 37.1 Å². The van der Waals surface area contributed by atoms with Gasteiger partial charge in [0.1, 0.15) is 42.2 Å². The Kier molecular flexibility index (Phi) is 5.80. The van der Waals surface area contributed by atoms with Gasteiger partial charge in [-0.1, -0.05) is 25.2 Å². The van der Waals surface area contributed by atoms with Crippen molar-refractivity contribution < 1.29 is 53.0 Å². The summed E-state index contributed by atoms with van der Waals surface area (Å²) in [5.74, 6) is -1.10. The highest BCUT2D eigenvalue weighted by molar-refractivity contribution is 5.82. The highest BCUT2D eigenvalue weighted by Gasteiger charge is 2.86. The summed E-state index contributed by atoms with van der Waals surface area (Å²) in [7, 11) is 0. The molecule has 4 saturated heterocycles. The van der Waals surface area contributed by atoms with Crippen LogP contribution in [-0.4, -0.2) is 108 Å². The highest BCUT2D eigenvalue weighted by atomic mass is 16.7. The fourth-order valence-electron chi connectivity index (χ4n) is 8.09. The van der Waals surface area contributed by atoms with Gasteiger partial charge in [0.05, 0.1) is 42.5 Å². The summed E-state index contributed by atoms with van der Waals surface area (Å²) in [6.45, 7) is 7.67. The summed E-state index contributed by atoms with van der Waals surface area (Å²) in [5, 5.41) is 20.9. The van der Waals surface area contributed by atoms with Crippen LogP contribution in [0.25, 0.3) is 0 Å². The molecule has 11 nitrogen and oxygen atoms in total. The number of epoxide rings is 3. The van der Waals surface area contributed by atoms with E-state index in [1.165, 1.54) is 12.2 Å². The lowest BCUT2D eigenvalue weighted by Gasteiger charge is -2.58. The maximum Gasteiger partial charge on any atom is 0.338 e. The molecule has 7 aliphatic rings. The Morgan fingerprint density at radius 3 is 2.52 bits per heavy atom. The Balaban J connectivity index is 1.25. The molecule has 0 aromatic rings. The SMILES string of the molecule is C[C@@H](O)[C@@H]1C=C/C=C/C(=O)O[C@H]2C[C@@H]3O[C@H]4[C@@H]5O[C@]5(C)CCC4(COC(=O)[C@@H]4OC4(C)[C@@H](O)CO1)C2(C)[C@]31CO1. The number of ether oxygens (including phenoxy) is 7. The fraction of sp³-hybridized carbons (Fsp3) is 0.793. The van der Waals surface area contributed by atoms with E-state index in [9.17, 15) is 19.8 Å². The molecule has 2 aliphatic carbocycles. The second-order valence-electron chi connectivity index (χ2n) is 13.2. The first kappa shape index (κ1) is 27.0. The van der Waals surface area contributed by atoms with Crippen LogP contribution in [-0.2, 0) is 42.7 Å². The topological polar surface area (TPSA) is 149 Å².